The second kappa shape index (κ2) is 5.61. The van der Waals surface area contributed by atoms with E-state index < -0.39 is 5.91 Å². The van der Waals surface area contributed by atoms with E-state index in [-0.39, 0.29) is 11.9 Å². The lowest BCUT2D eigenvalue weighted by molar-refractivity contribution is 0.100. The number of primary amides is 1. The average molecular weight is 273 g/mol. The first-order chi connectivity index (χ1) is 9.49. The molecule has 1 atom stereocenters. The Morgan fingerprint density at radius 2 is 1.95 bits per heavy atom. The van der Waals surface area contributed by atoms with Gasteiger partial charge in [0.2, 0.25) is 5.91 Å². The Balaban J connectivity index is 2.28. The number of hydrogen-bond acceptors (Lipinski definition) is 3. The predicted octanol–water partition coefficient (Wildman–Crippen LogP) is 2.68. The van der Waals surface area contributed by atoms with Crippen molar-refractivity contribution < 1.29 is 9.18 Å². The van der Waals surface area contributed by atoms with Gasteiger partial charge in [-0.05, 0) is 31.2 Å². The van der Waals surface area contributed by atoms with E-state index in [1.807, 2.05) is 6.92 Å². The van der Waals surface area contributed by atoms with Gasteiger partial charge in [-0.25, -0.2) is 4.39 Å². The molecule has 0 spiro atoms. The molecule has 4 nitrogen and oxygen atoms in total. The number of nitrogen functional groups attached to an aromatic ring is 1. The molecule has 1 amide bonds. The monoisotopic (exact) mass is 273 g/mol. The molecule has 0 aromatic heterocycles. The Bertz CT molecular complexity index is 643. The van der Waals surface area contributed by atoms with Crippen molar-refractivity contribution in [3.63, 3.8) is 0 Å². The maximum absolute atomic E-state index is 13.7. The smallest absolute Gasteiger partial charge is 0.248 e. The molecular formula is C15H16FN3O. The molecule has 0 aliphatic rings. The fourth-order valence-electron chi connectivity index (χ4n) is 1.97. The van der Waals surface area contributed by atoms with E-state index in [0.29, 0.717) is 22.5 Å². The molecule has 0 aliphatic heterocycles. The number of carbonyl (C=O) groups excluding carboxylic acids is 1. The Kier molecular flexibility index (Phi) is 3.89. The standard InChI is InChI=1S/C15H16FN3O/c1-9(11-4-2-3-5-12(11)16)19-14-8-10(15(18)20)6-7-13(14)17/h2-9,19H,17H2,1H3,(H2,18,20). The minimum absolute atomic E-state index is 0.290. The van der Waals surface area contributed by atoms with Gasteiger partial charge in [0.05, 0.1) is 17.4 Å². The van der Waals surface area contributed by atoms with Gasteiger partial charge in [-0.2, -0.15) is 0 Å². The van der Waals surface area contributed by atoms with Crippen molar-refractivity contribution in [1.82, 2.24) is 0 Å². The molecule has 0 radical (unpaired) electrons. The third-order valence-electron chi connectivity index (χ3n) is 3.08. The fourth-order valence-corrected chi connectivity index (χ4v) is 1.97. The summed E-state index contributed by atoms with van der Waals surface area (Å²) in [6, 6.07) is 10.9. The van der Waals surface area contributed by atoms with E-state index in [0.717, 1.165) is 0 Å². The van der Waals surface area contributed by atoms with Crippen LogP contribution >= 0.6 is 0 Å². The minimum atomic E-state index is -0.536. The van der Waals surface area contributed by atoms with E-state index >= 15 is 0 Å². The third kappa shape index (κ3) is 2.88. The van der Waals surface area contributed by atoms with Crippen molar-refractivity contribution in [2.45, 2.75) is 13.0 Å². The summed E-state index contributed by atoms with van der Waals surface area (Å²) in [5, 5.41) is 3.09. The van der Waals surface area contributed by atoms with E-state index in [1.165, 1.54) is 6.07 Å². The molecule has 2 aromatic carbocycles. The van der Waals surface area contributed by atoms with Gasteiger partial charge in [0.1, 0.15) is 5.82 Å². The number of benzene rings is 2. The third-order valence-corrected chi connectivity index (χ3v) is 3.08. The van der Waals surface area contributed by atoms with Crippen LogP contribution in [-0.2, 0) is 0 Å². The van der Waals surface area contributed by atoms with Gasteiger partial charge in [0.25, 0.3) is 0 Å². The SMILES string of the molecule is CC(Nc1cc(C(N)=O)ccc1N)c1ccccc1F. The number of halogens is 1. The Hall–Kier alpha value is -2.56. The Morgan fingerprint density at radius 1 is 1.25 bits per heavy atom. The lowest BCUT2D eigenvalue weighted by Crippen LogP contribution is -2.14. The maximum Gasteiger partial charge on any atom is 0.248 e. The molecule has 104 valence electrons. The number of anilines is 2. The van der Waals surface area contributed by atoms with Crippen molar-refractivity contribution in [2.75, 3.05) is 11.1 Å². The zero-order chi connectivity index (χ0) is 14.7. The lowest BCUT2D eigenvalue weighted by atomic mass is 10.1. The summed E-state index contributed by atoms with van der Waals surface area (Å²) in [5.74, 6) is -0.830. The Morgan fingerprint density at radius 3 is 2.60 bits per heavy atom. The zero-order valence-electron chi connectivity index (χ0n) is 11.1. The number of nitrogens with one attached hydrogen (secondary N) is 1. The minimum Gasteiger partial charge on any atom is -0.397 e. The number of nitrogens with two attached hydrogens (primary N) is 2. The predicted molar refractivity (Wildman–Crippen MR) is 77.8 cm³/mol. The highest BCUT2D eigenvalue weighted by Gasteiger charge is 2.12. The largest absolute Gasteiger partial charge is 0.397 e. The molecular weight excluding hydrogens is 257 g/mol. The van der Waals surface area contributed by atoms with Gasteiger partial charge < -0.3 is 16.8 Å². The normalized spacial score (nSPS) is 11.9. The molecule has 0 saturated carbocycles. The maximum atomic E-state index is 13.7. The van der Waals surface area contributed by atoms with Crippen LogP contribution in [0.2, 0.25) is 0 Å². The molecule has 0 bridgehead atoms. The van der Waals surface area contributed by atoms with E-state index in [1.54, 1.807) is 36.4 Å². The number of amides is 1. The molecule has 0 fully saturated rings. The molecule has 0 heterocycles. The second-order valence-corrected chi connectivity index (χ2v) is 4.55. The zero-order valence-corrected chi connectivity index (χ0v) is 11.1. The Labute approximate surface area is 116 Å². The van der Waals surface area contributed by atoms with Gasteiger partial charge in [0.15, 0.2) is 0 Å². The van der Waals surface area contributed by atoms with Gasteiger partial charge in [0, 0.05) is 11.1 Å². The molecule has 0 aliphatic carbocycles. The molecule has 20 heavy (non-hydrogen) atoms. The average Bonchev–Trinajstić information content (AvgIpc) is 2.41. The summed E-state index contributed by atoms with van der Waals surface area (Å²) in [6.07, 6.45) is 0. The first-order valence-electron chi connectivity index (χ1n) is 6.19. The summed E-state index contributed by atoms with van der Waals surface area (Å²) in [7, 11) is 0. The van der Waals surface area contributed by atoms with Crippen LogP contribution in [0.15, 0.2) is 42.5 Å². The van der Waals surface area contributed by atoms with Crippen LogP contribution in [0.5, 0.6) is 0 Å². The summed E-state index contributed by atoms with van der Waals surface area (Å²) < 4.78 is 13.7. The molecule has 5 N–H and O–H groups in total. The van der Waals surface area contributed by atoms with E-state index in [2.05, 4.69) is 5.32 Å². The number of carbonyl (C=O) groups is 1. The van der Waals surface area contributed by atoms with Crippen molar-refractivity contribution in [3.05, 3.63) is 59.4 Å². The summed E-state index contributed by atoms with van der Waals surface area (Å²) in [6.45, 7) is 1.81. The highest BCUT2D eigenvalue weighted by Crippen LogP contribution is 2.26. The van der Waals surface area contributed by atoms with Crippen molar-refractivity contribution in [3.8, 4) is 0 Å². The topological polar surface area (TPSA) is 81.1 Å². The van der Waals surface area contributed by atoms with Gasteiger partial charge >= 0.3 is 0 Å². The summed E-state index contributed by atoms with van der Waals surface area (Å²) in [5.41, 5.74) is 13.0. The molecule has 1 unspecified atom stereocenters. The van der Waals surface area contributed by atoms with Crippen LogP contribution < -0.4 is 16.8 Å². The van der Waals surface area contributed by atoms with Crippen LogP contribution in [0.4, 0.5) is 15.8 Å². The number of rotatable bonds is 4. The second-order valence-electron chi connectivity index (χ2n) is 4.55. The van der Waals surface area contributed by atoms with Crippen LogP contribution in [0.3, 0.4) is 0 Å². The van der Waals surface area contributed by atoms with Crippen molar-refractivity contribution in [1.29, 1.82) is 0 Å². The summed E-state index contributed by atoms with van der Waals surface area (Å²) in [4.78, 5) is 11.2. The van der Waals surface area contributed by atoms with Crippen LogP contribution in [0.1, 0.15) is 28.9 Å². The van der Waals surface area contributed by atoms with Gasteiger partial charge in [-0.1, -0.05) is 18.2 Å². The first kappa shape index (κ1) is 13.9. The van der Waals surface area contributed by atoms with Gasteiger partial charge in [-0.15, -0.1) is 0 Å². The fraction of sp³-hybridized carbons (Fsp3) is 0.133. The van der Waals surface area contributed by atoms with Crippen molar-refractivity contribution >= 4 is 17.3 Å². The summed E-state index contributed by atoms with van der Waals surface area (Å²) >= 11 is 0. The van der Waals surface area contributed by atoms with Crippen LogP contribution in [0, 0.1) is 5.82 Å². The highest BCUT2D eigenvalue weighted by molar-refractivity contribution is 5.94. The molecule has 2 rings (SSSR count). The molecule has 0 saturated heterocycles. The quantitative estimate of drug-likeness (QED) is 0.749. The van der Waals surface area contributed by atoms with E-state index in [4.69, 9.17) is 11.5 Å². The number of hydrogen-bond donors (Lipinski definition) is 3. The van der Waals surface area contributed by atoms with E-state index in [9.17, 15) is 9.18 Å². The van der Waals surface area contributed by atoms with Crippen LogP contribution in [0.25, 0.3) is 0 Å². The van der Waals surface area contributed by atoms with Crippen molar-refractivity contribution in [2.24, 2.45) is 5.73 Å². The van der Waals surface area contributed by atoms with Gasteiger partial charge in [-0.3, -0.25) is 4.79 Å². The molecule has 5 heteroatoms. The first-order valence-corrected chi connectivity index (χ1v) is 6.19. The molecule has 2 aromatic rings. The van der Waals surface area contributed by atoms with Crippen LogP contribution in [-0.4, -0.2) is 5.91 Å². The highest BCUT2D eigenvalue weighted by atomic mass is 19.1. The lowest BCUT2D eigenvalue weighted by Gasteiger charge is -2.18.